The molecule has 1 heterocycles. The molecule has 6 nitrogen and oxygen atoms in total. The summed E-state index contributed by atoms with van der Waals surface area (Å²) in [6, 6.07) is 1.44. The van der Waals surface area contributed by atoms with Crippen LogP contribution in [0.4, 0.5) is 10.5 Å². The van der Waals surface area contributed by atoms with Crippen LogP contribution >= 0.6 is 0 Å². The fourth-order valence-corrected chi connectivity index (χ4v) is 1.44. The van der Waals surface area contributed by atoms with Crippen molar-refractivity contribution in [1.82, 2.24) is 10.3 Å². The number of amides is 2. The zero-order chi connectivity index (χ0) is 13.5. The number of hydrogen-bond acceptors (Lipinski definition) is 3. The summed E-state index contributed by atoms with van der Waals surface area (Å²) in [6.45, 7) is 3.96. The largest absolute Gasteiger partial charge is 0.481 e. The lowest BCUT2D eigenvalue weighted by Gasteiger charge is -2.11. The third-order valence-electron chi connectivity index (χ3n) is 2.27. The Morgan fingerprint density at radius 2 is 2.17 bits per heavy atom. The number of aliphatic carboxylic acids is 1. The first kappa shape index (κ1) is 14.0. The van der Waals surface area contributed by atoms with E-state index in [1.54, 1.807) is 25.4 Å². The fourth-order valence-electron chi connectivity index (χ4n) is 1.44. The second kappa shape index (κ2) is 6.58. The molecular formula is C12H17N3O3. The molecule has 0 aliphatic carbocycles. The predicted molar refractivity (Wildman–Crippen MR) is 67.4 cm³/mol. The van der Waals surface area contributed by atoms with E-state index in [4.69, 9.17) is 5.11 Å². The van der Waals surface area contributed by atoms with Crippen LogP contribution in [0.5, 0.6) is 0 Å². The summed E-state index contributed by atoms with van der Waals surface area (Å²) < 4.78 is 0. The highest BCUT2D eigenvalue weighted by atomic mass is 16.4. The number of aryl methyl sites for hydroxylation is 1. The van der Waals surface area contributed by atoms with Crippen molar-refractivity contribution in [3.8, 4) is 0 Å². The first-order valence-corrected chi connectivity index (χ1v) is 5.65. The second-order valence-corrected chi connectivity index (χ2v) is 4.29. The lowest BCUT2D eigenvalue weighted by molar-refractivity contribution is -0.137. The molecule has 0 aliphatic heterocycles. The number of carbonyl (C=O) groups is 2. The first-order chi connectivity index (χ1) is 8.47. The van der Waals surface area contributed by atoms with E-state index in [0.29, 0.717) is 12.2 Å². The Bertz CT molecular complexity index is 434. The molecule has 6 heteroatoms. The van der Waals surface area contributed by atoms with Gasteiger partial charge < -0.3 is 15.7 Å². The van der Waals surface area contributed by atoms with Crippen LogP contribution in [0.15, 0.2) is 18.5 Å². The number of carboxylic acid groups (broad SMARTS) is 1. The van der Waals surface area contributed by atoms with Crippen LogP contribution in [0.25, 0.3) is 0 Å². The Labute approximate surface area is 105 Å². The van der Waals surface area contributed by atoms with Gasteiger partial charge in [-0.15, -0.1) is 0 Å². The minimum atomic E-state index is -0.868. The summed E-state index contributed by atoms with van der Waals surface area (Å²) in [5.74, 6) is -0.975. The minimum Gasteiger partial charge on any atom is -0.481 e. The number of aromatic nitrogens is 1. The van der Waals surface area contributed by atoms with Crippen molar-refractivity contribution >= 4 is 17.7 Å². The van der Waals surface area contributed by atoms with Gasteiger partial charge in [-0.2, -0.15) is 0 Å². The molecule has 18 heavy (non-hydrogen) atoms. The third-order valence-corrected chi connectivity index (χ3v) is 2.27. The van der Waals surface area contributed by atoms with Gasteiger partial charge in [-0.3, -0.25) is 9.78 Å². The lowest BCUT2D eigenvalue weighted by atomic mass is 10.1. The average molecular weight is 251 g/mol. The number of nitrogens with one attached hydrogen (secondary N) is 2. The van der Waals surface area contributed by atoms with Crippen LogP contribution in [0.3, 0.4) is 0 Å². The highest BCUT2D eigenvalue weighted by Crippen LogP contribution is 2.06. The molecule has 3 N–H and O–H groups in total. The Kier molecular flexibility index (Phi) is 5.10. The monoisotopic (exact) mass is 251 g/mol. The van der Waals surface area contributed by atoms with Gasteiger partial charge >= 0.3 is 12.0 Å². The molecule has 0 aliphatic rings. The zero-order valence-electron chi connectivity index (χ0n) is 10.4. The maximum absolute atomic E-state index is 11.5. The Hall–Kier alpha value is -2.11. The van der Waals surface area contributed by atoms with E-state index in [2.05, 4.69) is 15.6 Å². The van der Waals surface area contributed by atoms with Crippen LogP contribution in [0.2, 0.25) is 0 Å². The van der Waals surface area contributed by atoms with Gasteiger partial charge in [0.1, 0.15) is 0 Å². The summed E-state index contributed by atoms with van der Waals surface area (Å²) >= 11 is 0. The Morgan fingerprint density at radius 3 is 2.78 bits per heavy atom. The van der Waals surface area contributed by atoms with Gasteiger partial charge in [-0.25, -0.2) is 4.79 Å². The number of nitrogens with zero attached hydrogens (tertiary/aromatic N) is 1. The van der Waals surface area contributed by atoms with E-state index in [9.17, 15) is 9.59 Å². The molecule has 2 amide bonds. The van der Waals surface area contributed by atoms with E-state index in [-0.39, 0.29) is 18.4 Å². The second-order valence-electron chi connectivity index (χ2n) is 4.29. The Balaban J connectivity index is 2.36. The number of anilines is 1. The van der Waals surface area contributed by atoms with Crippen molar-refractivity contribution in [2.45, 2.75) is 20.3 Å². The van der Waals surface area contributed by atoms with Crippen LogP contribution < -0.4 is 10.6 Å². The quantitative estimate of drug-likeness (QED) is 0.741. The van der Waals surface area contributed by atoms with Crippen molar-refractivity contribution in [2.75, 3.05) is 11.9 Å². The summed E-state index contributed by atoms with van der Waals surface area (Å²) in [5, 5.41) is 13.8. The standard InChI is InChI=1S/C12H17N3O3/c1-8-3-10(7-13-5-8)15-12(18)14-6-9(2)4-11(16)17/h3,5,7,9H,4,6H2,1-2H3,(H,16,17)(H2,14,15,18). The first-order valence-electron chi connectivity index (χ1n) is 5.65. The van der Waals surface area contributed by atoms with Crippen molar-refractivity contribution < 1.29 is 14.7 Å². The summed E-state index contributed by atoms with van der Waals surface area (Å²) in [5.41, 5.74) is 1.56. The summed E-state index contributed by atoms with van der Waals surface area (Å²) in [4.78, 5) is 25.9. The van der Waals surface area contributed by atoms with Gasteiger partial charge in [0.2, 0.25) is 0 Å². The maximum Gasteiger partial charge on any atom is 0.319 e. The van der Waals surface area contributed by atoms with E-state index in [1.165, 1.54) is 0 Å². The molecule has 0 saturated heterocycles. The van der Waals surface area contributed by atoms with Gasteiger partial charge in [0.15, 0.2) is 0 Å². The molecule has 98 valence electrons. The molecule has 0 spiro atoms. The zero-order valence-corrected chi connectivity index (χ0v) is 10.4. The van der Waals surface area contributed by atoms with Gasteiger partial charge in [-0.1, -0.05) is 6.92 Å². The number of urea groups is 1. The van der Waals surface area contributed by atoms with Crippen molar-refractivity contribution in [3.05, 3.63) is 24.0 Å². The number of rotatable bonds is 5. The van der Waals surface area contributed by atoms with Gasteiger partial charge in [-0.05, 0) is 24.5 Å². The molecule has 1 unspecified atom stereocenters. The van der Waals surface area contributed by atoms with E-state index < -0.39 is 5.97 Å². The summed E-state index contributed by atoms with van der Waals surface area (Å²) in [7, 11) is 0. The number of hydrogen-bond donors (Lipinski definition) is 3. The van der Waals surface area contributed by atoms with Gasteiger partial charge in [0, 0.05) is 19.2 Å². The average Bonchev–Trinajstić information content (AvgIpc) is 2.25. The molecule has 0 saturated carbocycles. The molecule has 1 rings (SSSR count). The van der Waals surface area contributed by atoms with Gasteiger partial charge in [0.05, 0.1) is 11.9 Å². The van der Waals surface area contributed by atoms with E-state index >= 15 is 0 Å². The number of carbonyl (C=O) groups excluding carboxylic acids is 1. The topological polar surface area (TPSA) is 91.3 Å². The molecule has 1 aromatic rings. The van der Waals surface area contributed by atoms with Crippen molar-refractivity contribution in [2.24, 2.45) is 5.92 Å². The molecule has 1 aromatic heterocycles. The number of pyridine rings is 1. The molecule has 1 atom stereocenters. The van der Waals surface area contributed by atoms with Crippen molar-refractivity contribution in [1.29, 1.82) is 0 Å². The molecule has 0 radical (unpaired) electrons. The smallest absolute Gasteiger partial charge is 0.319 e. The predicted octanol–water partition coefficient (Wildman–Crippen LogP) is 1.62. The molecule has 0 fully saturated rings. The fraction of sp³-hybridized carbons (Fsp3) is 0.417. The highest BCUT2D eigenvalue weighted by molar-refractivity contribution is 5.89. The van der Waals surface area contributed by atoms with Crippen LogP contribution in [0, 0.1) is 12.8 Å². The highest BCUT2D eigenvalue weighted by Gasteiger charge is 2.09. The maximum atomic E-state index is 11.5. The molecule has 0 aromatic carbocycles. The van der Waals surface area contributed by atoms with E-state index in [0.717, 1.165) is 5.56 Å². The minimum absolute atomic E-state index is 0.0340. The number of carboxylic acids is 1. The van der Waals surface area contributed by atoms with Crippen LogP contribution in [-0.2, 0) is 4.79 Å². The molecule has 0 bridgehead atoms. The van der Waals surface area contributed by atoms with Crippen LogP contribution in [0.1, 0.15) is 18.9 Å². The van der Waals surface area contributed by atoms with E-state index in [1.807, 2.05) is 6.92 Å². The summed E-state index contributed by atoms with van der Waals surface area (Å²) in [6.07, 6.45) is 3.28. The normalized spacial score (nSPS) is 11.7. The van der Waals surface area contributed by atoms with Gasteiger partial charge in [0.25, 0.3) is 0 Å². The lowest BCUT2D eigenvalue weighted by Crippen LogP contribution is -2.33. The SMILES string of the molecule is Cc1cncc(NC(=O)NCC(C)CC(=O)O)c1. The third kappa shape index (κ3) is 5.29. The molecular weight excluding hydrogens is 234 g/mol. The Morgan fingerprint density at radius 1 is 1.44 bits per heavy atom. The van der Waals surface area contributed by atoms with Crippen LogP contribution in [-0.4, -0.2) is 28.6 Å². The van der Waals surface area contributed by atoms with Crippen molar-refractivity contribution in [3.63, 3.8) is 0 Å².